The van der Waals surface area contributed by atoms with E-state index in [9.17, 15) is 4.79 Å². The third-order valence-electron chi connectivity index (χ3n) is 6.44. The molecule has 0 spiro atoms. The van der Waals surface area contributed by atoms with Gasteiger partial charge in [-0.25, -0.2) is 0 Å². The van der Waals surface area contributed by atoms with Gasteiger partial charge in [0.25, 0.3) is 5.91 Å². The van der Waals surface area contributed by atoms with Gasteiger partial charge in [0, 0.05) is 49.9 Å². The van der Waals surface area contributed by atoms with Crippen LogP contribution in [0.1, 0.15) is 22.3 Å². The molecule has 184 valence electrons. The number of anilines is 1. The van der Waals surface area contributed by atoms with E-state index < -0.39 is 0 Å². The Morgan fingerprint density at radius 3 is 2.69 bits per heavy atom. The number of hydrogen-bond donors (Lipinski definition) is 1. The van der Waals surface area contributed by atoms with E-state index in [1.54, 1.807) is 13.3 Å². The van der Waals surface area contributed by atoms with Crippen LogP contribution in [0.25, 0.3) is 10.9 Å². The van der Waals surface area contributed by atoms with Gasteiger partial charge in [0.1, 0.15) is 5.75 Å². The topological polar surface area (TPSA) is 57.7 Å². The second-order valence-corrected chi connectivity index (χ2v) is 9.71. The van der Waals surface area contributed by atoms with Gasteiger partial charge in [-0.2, -0.15) is 0 Å². The van der Waals surface area contributed by atoms with Gasteiger partial charge in [-0.05, 0) is 54.3 Å². The fourth-order valence-corrected chi connectivity index (χ4v) is 5.34. The number of aromatic nitrogens is 1. The molecule has 6 nitrogen and oxygen atoms in total. The Hall–Kier alpha value is -3.55. The Morgan fingerprint density at radius 2 is 1.83 bits per heavy atom. The number of para-hydroxylation sites is 1. The van der Waals surface area contributed by atoms with Crippen LogP contribution >= 0.6 is 11.9 Å². The lowest BCUT2D eigenvalue weighted by Gasteiger charge is -2.22. The molecule has 0 saturated carbocycles. The molecule has 1 saturated heterocycles. The third kappa shape index (κ3) is 5.64. The van der Waals surface area contributed by atoms with E-state index in [0.29, 0.717) is 11.3 Å². The quantitative estimate of drug-likeness (QED) is 0.329. The highest BCUT2D eigenvalue weighted by molar-refractivity contribution is 8.00. The van der Waals surface area contributed by atoms with Gasteiger partial charge >= 0.3 is 0 Å². The van der Waals surface area contributed by atoms with Crippen molar-refractivity contribution in [1.82, 2.24) is 14.8 Å². The van der Waals surface area contributed by atoms with Gasteiger partial charge in [-0.15, -0.1) is 0 Å². The minimum absolute atomic E-state index is 0.0484. The van der Waals surface area contributed by atoms with Crippen LogP contribution in [0.4, 0.5) is 5.69 Å². The number of nitrogens with one attached hydrogen (secondary N) is 1. The molecule has 0 bridgehead atoms. The van der Waals surface area contributed by atoms with E-state index in [-0.39, 0.29) is 5.91 Å². The number of carbonyl (C=O) groups is 1. The van der Waals surface area contributed by atoms with Crippen molar-refractivity contribution < 1.29 is 9.53 Å². The van der Waals surface area contributed by atoms with Gasteiger partial charge in [0.2, 0.25) is 0 Å². The SMILES string of the molecule is COc1cc(C(=O)N2CCCN(Cc3ccccc3)CC2)ccc1NSc1cccc2cccnc12. The normalized spacial score (nSPS) is 14.4. The number of methoxy groups -OCH3 is 1. The summed E-state index contributed by atoms with van der Waals surface area (Å²) in [6.45, 7) is 4.26. The van der Waals surface area contributed by atoms with E-state index in [2.05, 4.69) is 51.0 Å². The third-order valence-corrected chi connectivity index (χ3v) is 7.31. The predicted octanol–water partition coefficient (Wildman–Crippen LogP) is 5.71. The molecule has 0 radical (unpaired) electrons. The lowest BCUT2D eigenvalue weighted by atomic mass is 10.1. The number of carbonyl (C=O) groups excluding carboxylic acids is 1. The van der Waals surface area contributed by atoms with Crippen molar-refractivity contribution in [2.45, 2.75) is 17.9 Å². The van der Waals surface area contributed by atoms with E-state index >= 15 is 0 Å². The van der Waals surface area contributed by atoms with E-state index in [4.69, 9.17) is 4.74 Å². The molecule has 4 aromatic rings. The van der Waals surface area contributed by atoms with Crippen LogP contribution in [0.15, 0.2) is 90.0 Å². The molecule has 0 unspecified atom stereocenters. The molecular formula is C29H30N4O2S. The highest BCUT2D eigenvalue weighted by atomic mass is 32.2. The molecule has 1 aliphatic heterocycles. The zero-order valence-electron chi connectivity index (χ0n) is 20.4. The fourth-order valence-electron chi connectivity index (χ4n) is 4.53. The summed E-state index contributed by atoms with van der Waals surface area (Å²) in [5, 5.41) is 1.09. The van der Waals surface area contributed by atoms with Gasteiger partial charge in [-0.3, -0.25) is 14.7 Å². The zero-order chi connectivity index (χ0) is 24.7. The van der Waals surface area contributed by atoms with Crippen molar-refractivity contribution in [2.75, 3.05) is 38.0 Å². The molecule has 0 atom stereocenters. The monoisotopic (exact) mass is 498 g/mol. The molecule has 1 aliphatic rings. The number of benzene rings is 3. The Balaban J connectivity index is 1.24. The van der Waals surface area contributed by atoms with Crippen LogP contribution in [0, 0.1) is 0 Å². The second kappa shape index (κ2) is 11.5. The number of hydrogen-bond acceptors (Lipinski definition) is 6. The molecule has 1 N–H and O–H groups in total. The summed E-state index contributed by atoms with van der Waals surface area (Å²) in [5.41, 5.74) is 3.72. The predicted molar refractivity (Wildman–Crippen MR) is 146 cm³/mol. The first-order valence-corrected chi connectivity index (χ1v) is 13.0. The number of nitrogens with zero attached hydrogens (tertiary/aromatic N) is 3. The molecule has 2 heterocycles. The summed E-state index contributed by atoms with van der Waals surface area (Å²) in [6.07, 6.45) is 2.77. The zero-order valence-corrected chi connectivity index (χ0v) is 21.2. The molecule has 36 heavy (non-hydrogen) atoms. The lowest BCUT2D eigenvalue weighted by Crippen LogP contribution is -2.35. The van der Waals surface area contributed by atoms with Crippen molar-refractivity contribution >= 4 is 34.4 Å². The van der Waals surface area contributed by atoms with Crippen LogP contribution in [0.2, 0.25) is 0 Å². The molecule has 1 amide bonds. The summed E-state index contributed by atoms with van der Waals surface area (Å²) < 4.78 is 9.01. The van der Waals surface area contributed by atoms with Crippen molar-refractivity contribution in [1.29, 1.82) is 0 Å². The summed E-state index contributed by atoms with van der Waals surface area (Å²) in [6, 6.07) is 26.2. The Labute approximate surface area is 216 Å². The van der Waals surface area contributed by atoms with Gasteiger partial charge < -0.3 is 14.4 Å². The molecule has 3 aromatic carbocycles. The molecule has 1 aromatic heterocycles. The highest BCUT2D eigenvalue weighted by Crippen LogP contribution is 2.33. The van der Waals surface area contributed by atoms with Crippen LogP contribution in [-0.4, -0.2) is 54.0 Å². The maximum Gasteiger partial charge on any atom is 0.254 e. The van der Waals surface area contributed by atoms with Crippen molar-refractivity contribution in [3.8, 4) is 5.75 Å². The van der Waals surface area contributed by atoms with Crippen LogP contribution in [-0.2, 0) is 6.54 Å². The van der Waals surface area contributed by atoms with E-state index in [1.807, 2.05) is 47.4 Å². The maximum atomic E-state index is 13.3. The highest BCUT2D eigenvalue weighted by Gasteiger charge is 2.21. The van der Waals surface area contributed by atoms with Gasteiger partial charge in [-0.1, -0.05) is 48.5 Å². The molecule has 0 aliphatic carbocycles. The average molecular weight is 499 g/mol. The Bertz CT molecular complexity index is 1330. The minimum Gasteiger partial charge on any atom is -0.495 e. The van der Waals surface area contributed by atoms with Crippen molar-refractivity contribution in [2.24, 2.45) is 0 Å². The van der Waals surface area contributed by atoms with Crippen LogP contribution < -0.4 is 9.46 Å². The summed E-state index contributed by atoms with van der Waals surface area (Å²) in [7, 11) is 1.63. The minimum atomic E-state index is 0.0484. The number of rotatable bonds is 7. The fraction of sp³-hybridized carbons (Fsp3) is 0.241. The number of ether oxygens (including phenoxy) is 1. The first-order chi connectivity index (χ1) is 17.7. The van der Waals surface area contributed by atoms with Crippen LogP contribution in [0.3, 0.4) is 0 Å². The molecule has 1 fully saturated rings. The first-order valence-electron chi connectivity index (χ1n) is 12.2. The van der Waals surface area contributed by atoms with Crippen molar-refractivity contribution in [3.05, 3.63) is 96.2 Å². The number of amides is 1. The van der Waals surface area contributed by atoms with Gasteiger partial charge in [0.15, 0.2) is 0 Å². The standard InChI is InChI=1S/C29H30N4O2S/c1-35-26-20-24(13-14-25(26)31-36-27-12-5-10-23-11-6-15-30-28(23)27)29(34)33-17-7-16-32(18-19-33)21-22-8-3-2-4-9-22/h2-6,8-15,20,31H,7,16-19,21H2,1H3. The average Bonchev–Trinajstić information content (AvgIpc) is 3.17. The summed E-state index contributed by atoms with van der Waals surface area (Å²) in [4.78, 5) is 23.3. The lowest BCUT2D eigenvalue weighted by molar-refractivity contribution is 0.0761. The second-order valence-electron chi connectivity index (χ2n) is 8.86. The molecule has 5 rings (SSSR count). The number of pyridine rings is 1. The Kier molecular flexibility index (Phi) is 7.69. The van der Waals surface area contributed by atoms with Gasteiger partial charge in [0.05, 0.1) is 23.2 Å². The number of fused-ring (bicyclic) bond motifs is 1. The summed E-state index contributed by atoms with van der Waals surface area (Å²) >= 11 is 1.49. The molecular weight excluding hydrogens is 468 g/mol. The smallest absolute Gasteiger partial charge is 0.254 e. The Morgan fingerprint density at radius 1 is 0.972 bits per heavy atom. The molecule has 7 heteroatoms. The van der Waals surface area contributed by atoms with Crippen molar-refractivity contribution in [3.63, 3.8) is 0 Å². The maximum absolute atomic E-state index is 13.3. The summed E-state index contributed by atoms with van der Waals surface area (Å²) in [5.74, 6) is 0.689. The van der Waals surface area contributed by atoms with Crippen LogP contribution in [0.5, 0.6) is 5.75 Å². The largest absolute Gasteiger partial charge is 0.495 e. The van der Waals surface area contributed by atoms with E-state index in [0.717, 1.165) is 60.6 Å². The first kappa shape index (κ1) is 24.2. The van der Waals surface area contributed by atoms with E-state index in [1.165, 1.54) is 17.5 Å².